The summed E-state index contributed by atoms with van der Waals surface area (Å²) >= 11 is 3.36. The number of rotatable bonds is 3. The van der Waals surface area contributed by atoms with Crippen LogP contribution in [-0.2, 0) is 11.2 Å². The second-order valence-electron chi connectivity index (χ2n) is 3.73. The molecule has 0 radical (unpaired) electrons. The molecule has 0 spiro atoms. The van der Waals surface area contributed by atoms with E-state index in [0.29, 0.717) is 11.5 Å². The van der Waals surface area contributed by atoms with Crippen LogP contribution < -0.4 is 5.73 Å². The van der Waals surface area contributed by atoms with E-state index in [1.807, 2.05) is 24.3 Å². The third-order valence-electron chi connectivity index (χ3n) is 2.44. The molecule has 17 heavy (non-hydrogen) atoms. The van der Waals surface area contributed by atoms with E-state index in [-0.39, 0.29) is 6.42 Å². The van der Waals surface area contributed by atoms with E-state index < -0.39 is 5.91 Å². The maximum absolute atomic E-state index is 11.0. The Bertz CT molecular complexity index is 546. The van der Waals surface area contributed by atoms with Gasteiger partial charge in [-0.25, -0.2) is 0 Å². The van der Waals surface area contributed by atoms with Gasteiger partial charge in [-0.15, -0.1) is 0 Å². The zero-order valence-corrected chi connectivity index (χ0v) is 10.8. The molecule has 1 heterocycles. The molecular weight excluding hydrogens is 284 g/mol. The van der Waals surface area contributed by atoms with Gasteiger partial charge in [0, 0.05) is 15.6 Å². The predicted octanol–water partition coefficient (Wildman–Crippen LogP) is 2.44. The number of halogens is 1. The number of nitrogens with two attached hydrogens (primary N) is 1. The first-order valence-electron chi connectivity index (χ1n) is 5.07. The highest BCUT2D eigenvalue weighted by Crippen LogP contribution is 2.27. The fourth-order valence-corrected chi connectivity index (χ4v) is 1.86. The first kappa shape index (κ1) is 11.9. The number of amides is 1. The molecule has 5 heteroatoms. The Morgan fingerprint density at radius 3 is 2.65 bits per heavy atom. The SMILES string of the molecule is Cc1noc(-c2ccc(Br)cc2)c1CC(N)=O. The Morgan fingerprint density at radius 1 is 1.41 bits per heavy atom. The molecule has 2 N–H and O–H groups in total. The first-order valence-corrected chi connectivity index (χ1v) is 5.86. The van der Waals surface area contributed by atoms with E-state index >= 15 is 0 Å². The number of aromatic nitrogens is 1. The van der Waals surface area contributed by atoms with Crippen molar-refractivity contribution >= 4 is 21.8 Å². The minimum Gasteiger partial charge on any atom is -0.369 e. The van der Waals surface area contributed by atoms with Crippen molar-refractivity contribution in [3.63, 3.8) is 0 Å². The molecule has 0 aliphatic rings. The highest BCUT2D eigenvalue weighted by atomic mass is 79.9. The number of primary amides is 1. The van der Waals surface area contributed by atoms with E-state index in [4.69, 9.17) is 10.3 Å². The van der Waals surface area contributed by atoms with Crippen molar-refractivity contribution in [2.24, 2.45) is 5.73 Å². The number of nitrogens with zero attached hydrogens (tertiary/aromatic N) is 1. The van der Waals surface area contributed by atoms with Crippen LogP contribution in [0.3, 0.4) is 0 Å². The van der Waals surface area contributed by atoms with Gasteiger partial charge in [0.1, 0.15) is 0 Å². The summed E-state index contributed by atoms with van der Waals surface area (Å²) in [6, 6.07) is 7.60. The minimum atomic E-state index is -0.394. The fraction of sp³-hybridized carbons (Fsp3) is 0.167. The van der Waals surface area contributed by atoms with Crippen LogP contribution in [-0.4, -0.2) is 11.1 Å². The van der Waals surface area contributed by atoms with Crippen LogP contribution in [0, 0.1) is 6.92 Å². The first-order chi connectivity index (χ1) is 8.08. The highest BCUT2D eigenvalue weighted by molar-refractivity contribution is 9.10. The zero-order valence-electron chi connectivity index (χ0n) is 9.24. The van der Waals surface area contributed by atoms with Crippen molar-refractivity contribution in [1.82, 2.24) is 5.16 Å². The van der Waals surface area contributed by atoms with Crippen LogP contribution in [0.2, 0.25) is 0 Å². The van der Waals surface area contributed by atoms with Gasteiger partial charge in [0.05, 0.1) is 12.1 Å². The Morgan fingerprint density at radius 2 is 2.06 bits per heavy atom. The molecule has 1 amide bonds. The Labute approximate surface area is 107 Å². The largest absolute Gasteiger partial charge is 0.369 e. The standard InChI is InChI=1S/C12H11BrN2O2/c1-7-10(6-11(14)16)12(17-15-7)8-2-4-9(13)5-3-8/h2-5H,6H2,1H3,(H2,14,16). The summed E-state index contributed by atoms with van der Waals surface area (Å²) in [6.07, 6.45) is 0.140. The normalized spacial score (nSPS) is 10.5. The molecule has 0 saturated heterocycles. The summed E-state index contributed by atoms with van der Waals surface area (Å²) in [5, 5.41) is 3.87. The molecule has 0 bridgehead atoms. The van der Waals surface area contributed by atoms with Crippen molar-refractivity contribution in [2.45, 2.75) is 13.3 Å². The van der Waals surface area contributed by atoms with E-state index in [1.165, 1.54) is 0 Å². The van der Waals surface area contributed by atoms with Gasteiger partial charge >= 0.3 is 0 Å². The summed E-state index contributed by atoms with van der Waals surface area (Å²) in [7, 11) is 0. The average molecular weight is 295 g/mol. The van der Waals surface area contributed by atoms with Crippen LogP contribution in [0.1, 0.15) is 11.3 Å². The van der Waals surface area contributed by atoms with Gasteiger partial charge in [0.2, 0.25) is 5.91 Å². The zero-order chi connectivity index (χ0) is 12.4. The Kier molecular flexibility index (Phi) is 3.28. The van der Waals surface area contributed by atoms with E-state index in [2.05, 4.69) is 21.1 Å². The van der Waals surface area contributed by atoms with Crippen molar-refractivity contribution in [2.75, 3.05) is 0 Å². The molecular formula is C12H11BrN2O2. The quantitative estimate of drug-likeness (QED) is 0.945. The van der Waals surface area contributed by atoms with Crippen LogP contribution in [0.25, 0.3) is 11.3 Å². The fourth-order valence-electron chi connectivity index (χ4n) is 1.60. The van der Waals surface area contributed by atoms with Crippen LogP contribution in [0.4, 0.5) is 0 Å². The summed E-state index contributed by atoms with van der Waals surface area (Å²) in [6.45, 7) is 1.80. The molecule has 1 aromatic carbocycles. The third-order valence-corrected chi connectivity index (χ3v) is 2.97. The smallest absolute Gasteiger partial charge is 0.222 e. The number of hydrogen-bond acceptors (Lipinski definition) is 3. The van der Waals surface area contributed by atoms with Gasteiger partial charge in [0.25, 0.3) is 0 Å². The van der Waals surface area contributed by atoms with Crippen LogP contribution in [0.15, 0.2) is 33.3 Å². The lowest BCUT2D eigenvalue weighted by Crippen LogP contribution is -2.14. The summed E-state index contributed by atoms with van der Waals surface area (Å²) in [4.78, 5) is 11.0. The number of aryl methyl sites for hydroxylation is 1. The topological polar surface area (TPSA) is 69.1 Å². The third kappa shape index (κ3) is 2.55. The van der Waals surface area contributed by atoms with Gasteiger partial charge in [-0.05, 0) is 19.1 Å². The number of hydrogen-bond donors (Lipinski definition) is 1. The highest BCUT2D eigenvalue weighted by Gasteiger charge is 2.16. The van der Waals surface area contributed by atoms with Gasteiger partial charge in [-0.2, -0.15) is 0 Å². The second-order valence-corrected chi connectivity index (χ2v) is 4.64. The molecule has 0 fully saturated rings. The lowest BCUT2D eigenvalue weighted by atomic mass is 10.0. The molecule has 0 unspecified atom stereocenters. The van der Waals surface area contributed by atoms with Crippen molar-refractivity contribution < 1.29 is 9.32 Å². The molecule has 88 valence electrons. The predicted molar refractivity (Wildman–Crippen MR) is 67.3 cm³/mol. The van der Waals surface area contributed by atoms with Gasteiger partial charge in [0.15, 0.2) is 5.76 Å². The van der Waals surface area contributed by atoms with Gasteiger partial charge in [-0.3, -0.25) is 4.79 Å². The second kappa shape index (κ2) is 4.71. The Balaban J connectivity index is 2.45. The van der Waals surface area contributed by atoms with Crippen LogP contribution in [0.5, 0.6) is 0 Å². The van der Waals surface area contributed by atoms with Crippen molar-refractivity contribution in [1.29, 1.82) is 0 Å². The Hall–Kier alpha value is -1.62. The minimum absolute atomic E-state index is 0.140. The number of carbonyl (C=O) groups is 1. The maximum Gasteiger partial charge on any atom is 0.222 e. The molecule has 0 aliphatic heterocycles. The summed E-state index contributed by atoms with van der Waals surface area (Å²) in [5.74, 6) is 0.212. The molecule has 4 nitrogen and oxygen atoms in total. The summed E-state index contributed by atoms with van der Waals surface area (Å²) in [5.41, 5.74) is 7.53. The molecule has 0 saturated carbocycles. The van der Waals surface area contributed by atoms with Gasteiger partial charge in [-0.1, -0.05) is 33.2 Å². The maximum atomic E-state index is 11.0. The molecule has 1 aromatic heterocycles. The summed E-state index contributed by atoms with van der Waals surface area (Å²) < 4.78 is 6.23. The molecule has 0 atom stereocenters. The van der Waals surface area contributed by atoms with E-state index in [1.54, 1.807) is 6.92 Å². The molecule has 2 rings (SSSR count). The monoisotopic (exact) mass is 294 g/mol. The average Bonchev–Trinajstić information content (AvgIpc) is 2.61. The molecule has 0 aliphatic carbocycles. The lowest BCUT2D eigenvalue weighted by Gasteiger charge is -2.00. The van der Waals surface area contributed by atoms with E-state index in [9.17, 15) is 4.79 Å². The lowest BCUT2D eigenvalue weighted by molar-refractivity contribution is -0.117. The molecule has 2 aromatic rings. The van der Waals surface area contributed by atoms with Crippen LogP contribution >= 0.6 is 15.9 Å². The number of carbonyl (C=O) groups excluding carboxylic acids is 1. The van der Waals surface area contributed by atoms with Gasteiger partial charge < -0.3 is 10.3 Å². The van der Waals surface area contributed by atoms with Crippen molar-refractivity contribution in [3.8, 4) is 11.3 Å². The van der Waals surface area contributed by atoms with E-state index in [0.717, 1.165) is 15.6 Å². The van der Waals surface area contributed by atoms with Crippen molar-refractivity contribution in [3.05, 3.63) is 40.0 Å². The number of benzene rings is 1.